The van der Waals surface area contributed by atoms with Gasteiger partial charge in [0.15, 0.2) is 0 Å². The number of aromatic nitrogens is 2. The van der Waals surface area contributed by atoms with E-state index < -0.39 is 5.72 Å². The van der Waals surface area contributed by atoms with Crippen LogP contribution in [0.3, 0.4) is 0 Å². The van der Waals surface area contributed by atoms with E-state index in [0.717, 1.165) is 24.5 Å². The highest BCUT2D eigenvalue weighted by Gasteiger charge is 2.51. The van der Waals surface area contributed by atoms with Gasteiger partial charge in [0.1, 0.15) is 12.7 Å². The van der Waals surface area contributed by atoms with Crippen molar-refractivity contribution in [2.45, 2.75) is 62.6 Å². The van der Waals surface area contributed by atoms with Gasteiger partial charge >= 0.3 is 5.95 Å². The van der Waals surface area contributed by atoms with Crippen molar-refractivity contribution >= 4 is 17.7 Å². The number of rotatable bonds is 9. The lowest BCUT2D eigenvalue weighted by Crippen LogP contribution is -3.00. The Morgan fingerprint density at radius 2 is 1.85 bits per heavy atom. The maximum absolute atomic E-state index is 11.6. The van der Waals surface area contributed by atoms with Gasteiger partial charge in [-0.25, -0.2) is 9.47 Å². The average molecular weight is 452 g/mol. The maximum Gasteiger partial charge on any atom is 0.396 e. The summed E-state index contributed by atoms with van der Waals surface area (Å²) in [5.41, 5.74) is -0.0892. The lowest BCUT2D eigenvalue weighted by atomic mass is 10.0. The number of anilines is 1. The fourth-order valence-corrected chi connectivity index (χ4v) is 4.08. The first kappa shape index (κ1) is 22.2. The average Bonchev–Trinajstić information content (AvgIpc) is 2.97. The van der Waals surface area contributed by atoms with Gasteiger partial charge in [-0.05, 0) is 24.8 Å². The van der Waals surface area contributed by atoms with Gasteiger partial charge in [0.05, 0.1) is 12.7 Å². The van der Waals surface area contributed by atoms with Gasteiger partial charge in [0.25, 0.3) is 0 Å². The van der Waals surface area contributed by atoms with Crippen molar-refractivity contribution in [1.82, 2.24) is 4.98 Å². The molecule has 0 saturated carbocycles. The van der Waals surface area contributed by atoms with Crippen molar-refractivity contribution in [1.29, 1.82) is 0 Å². The molecule has 1 aliphatic rings. The molecule has 4 nitrogen and oxygen atoms in total. The summed E-state index contributed by atoms with van der Waals surface area (Å²) >= 11 is 1.72. The number of hydrogen-bond donors (Lipinski definition) is 1. The van der Waals surface area contributed by atoms with Crippen LogP contribution >= 0.6 is 11.8 Å². The molecule has 0 aliphatic carbocycles. The summed E-state index contributed by atoms with van der Waals surface area (Å²) in [6, 6.07) is 10.2. The van der Waals surface area contributed by atoms with E-state index in [2.05, 4.69) is 39.8 Å². The minimum atomic E-state index is -1.03. The number of nitrogens with zero attached hydrogens (tertiary/aromatic N) is 3. The number of aliphatic hydroxyl groups is 1. The van der Waals surface area contributed by atoms with Crippen LogP contribution in [-0.2, 0) is 12.3 Å². The summed E-state index contributed by atoms with van der Waals surface area (Å²) in [7, 11) is 0. The Labute approximate surface area is 177 Å². The highest BCUT2D eigenvalue weighted by Crippen LogP contribution is 2.34. The van der Waals surface area contributed by atoms with Crippen LogP contribution in [0.15, 0.2) is 47.6 Å². The molecule has 148 valence electrons. The lowest BCUT2D eigenvalue weighted by molar-refractivity contribution is -0.685. The molecule has 0 amide bonds. The standard InChI is InChI=1S/C21H30N3OS.BrH/c1-3-4-5-6-7-8-16-24-20-22-14-9-15-23(20)17-21(24,25)18-10-12-19(26-2)13-11-18;/h9-15,25H,3-8,16-17H2,1-2H3;1H/q+1;/p-1. The SMILES string of the molecule is CCCCCCCCN1c2nccc[n+]2CC1(O)c1ccc(SC)cc1.[Br-]. The second-order valence-electron chi connectivity index (χ2n) is 7.01. The summed E-state index contributed by atoms with van der Waals surface area (Å²) in [5, 5.41) is 11.6. The summed E-state index contributed by atoms with van der Waals surface area (Å²) in [4.78, 5) is 7.84. The highest BCUT2D eigenvalue weighted by atomic mass is 79.9. The van der Waals surface area contributed by atoms with Crippen LogP contribution in [0.2, 0.25) is 0 Å². The molecule has 0 bridgehead atoms. The van der Waals surface area contributed by atoms with E-state index in [4.69, 9.17) is 0 Å². The zero-order valence-electron chi connectivity index (χ0n) is 16.3. The van der Waals surface area contributed by atoms with Gasteiger partial charge in [0, 0.05) is 16.5 Å². The topological polar surface area (TPSA) is 40.2 Å². The Balaban J connectivity index is 0.00000261. The number of hydrogen-bond acceptors (Lipinski definition) is 4. The normalized spacial score (nSPS) is 18.3. The Bertz CT molecular complexity index is 713. The van der Waals surface area contributed by atoms with Crippen LogP contribution in [0, 0.1) is 0 Å². The van der Waals surface area contributed by atoms with Crippen molar-refractivity contribution in [3.63, 3.8) is 0 Å². The first-order chi connectivity index (χ1) is 12.7. The third-order valence-electron chi connectivity index (χ3n) is 5.17. The number of fused-ring (bicyclic) bond motifs is 1. The lowest BCUT2D eigenvalue weighted by Gasteiger charge is -2.28. The van der Waals surface area contributed by atoms with Gasteiger partial charge < -0.3 is 22.1 Å². The second-order valence-corrected chi connectivity index (χ2v) is 7.89. The van der Waals surface area contributed by atoms with E-state index in [0.29, 0.717) is 6.54 Å². The van der Waals surface area contributed by atoms with E-state index in [-0.39, 0.29) is 17.0 Å². The monoisotopic (exact) mass is 451 g/mol. The fraction of sp³-hybridized carbons (Fsp3) is 0.524. The zero-order chi connectivity index (χ0) is 18.4. The third-order valence-corrected chi connectivity index (χ3v) is 5.91. The van der Waals surface area contributed by atoms with Crippen molar-refractivity contribution in [2.24, 2.45) is 0 Å². The molecule has 3 rings (SSSR count). The molecule has 0 saturated heterocycles. The molecule has 27 heavy (non-hydrogen) atoms. The van der Waals surface area contributed by atoms with Gasteiger partial charge in [-0.2, -0.15) is 0 Å². The molecule has 2 heterocycles. The van der Waals surface area contributed by atoms with Crippen molar-refractivity contribution in [3.8, 4) is 0 Å². The fourth-order valence-electron chi connectivity index (χ4n) is 3.67. The molecule has 1 aromatic heterocycles. The van der Waals surface area contributed by atoms with Gasteiger partial charge in [-0.1, -0.05) is 56.1 Å². The number of unbranched alkanes of at least 4 members (excludes halogenated alkanes) is 5. The Morgan fingerprint density at radius 1 is 1.15 bits per heavy atom. The maximum atomic E-state index is 11.6. The number of halogens is 1. The van der Waals surface area contributed by atoms with Gasteiger partial charge in [0.2, 0.25) is 5.72 Å². The molecule has 0 spiro atoms. The number of thioether (sulfide) groups is 1. The molecule has 0 fully saturated rings. The van der Waals surface area contributed by atoms with Crippen LogP contribution < -0.4 is 26.4 Å². The first-order valence-electron chi connectivity index (χ1n) is 9.68. The highest BCUT2D eigenvalue weighted by molar-refractivity contribution is 7.98. The van der Waals surface area contributed by atoms with Crippen molar-refractivity contribution < 1.29 is 26.7 Å². The summed E-state index contributed by atoms with van der Waals surface area (Å²) < 4.78 is 2.06. The van der Waals surface area contributed by atoms with Crippen LogP contribution in [-0.4, -0.2) is 22.9 Å². The van der Waals surface area contributed by atoms with Crippen molar-refractivity contribution in [3.05, 3.63) is 48.3 Å². The second kappa shape index (κ2) is 10.4. The molecule has 6 heteroatoms. The van der Waals surface area contributed by atoms with E-state index in [1.807, 2.05) is 30.6 Å². The predicted molar refractivity (Wildman–Crippen MR) is 107 cm³/mol. The molecular formula is C21H30BrN3OS. The Kier molecular flexibility index (Phi) is 8.58. The molecule has 1 unspecified atom stereocenters. The summed E-state index contributed by atoms with van der Waals surface area (Å²) in [5.74, 6) is 0.859. The van der Waals surface area contributed by atoms with E-state index >= 15 is 0 Å². The van der Waals surface area contributed by atoms with Crippen molar-refractivity contribution in [2.75, 3.05) is 17.7 Å². The summed E-state index contributed by atoms with van der Waals surface area (Å²) in [6.45, 7) is 3.58. The van der Waals surface area contributed by atoms with Crippen LogP contribution in [0.5, 0.6) is 0 Å². The first-order valence-corrected chi connectivity index (χ1v) is 10.9. The van der Waals surface area contributed by atoms with Crippen LogP contribution in [0.25, 0.3) is 0 Å². The molecule has 1 atom stereocenters. The smallest absolute Gasteiger partial charge is 0.396 e. The van der Waals surface area contributed by atoms with Crippen LogP contribution in [0.4, 0.5) is 5.95 Å². The molecule has 1 aromatic carbocycles. The third kappa shape index (κ3) is 5.04. The van der Waals surface area contributed by atoms with E-state index in [9.17, 15) is 5.11 Å². The minimum Gasteiger partial charge on any atom is -1.00 e. The van der Waals surface area contributed by atoms with Gasteiger partial charge in [-0.15, -0.1) is 11.8 Å². The molecule has 0 radical (unpaired) electrons. The Hall–Kier alpha value is -1.11. The molecule has 1 aliphatic heterocycles. The summed E-state index contributed by atoms with van der Waals surface area (Å²) in [6.07, 6.45) is 13.3. The van der Waals surface area contributed by atoms with Crippen LogP contribution in [0.1, 0.15) is 51.0 Å². The Morgan fingerprint density at radius 3 is 2.56 bits per heavy atom. The molecular weight excluding hydrogens is 422 g/mol. The molecule has 1 N–H and O–H groups in total. The van der Waals surface area contributed by atoms with Gasteiger partial charge in [-0.3, -0.25) is 0 Å². The predicted octanol–water partition coefficient (Wildman–Crippen LogP) is 1.12. The number of benzene rings is 1. The largest absolute Gasteiger partial charge is 1.00 e. The molecule has 2 aromatic rings. The van der Waals surface area contributed by atoms with E-state index in [1.165, 1.54) is 37.0 Å². The minimum absolute atomic E-state index is 0. The van der Waals surface area contributed by atoms with E-state index in [1.54, 1.807) is 11.8 Å². The quantitative estimate of drug-likeness (QED) is 0.352. The zero-order valence-corrected chi connectivity index (χ0v) is 18.7.